The van der Waals surface area contributed by atoms with Crippen molar-refractivity contribution in [2.45, 2.75) is 57.7 Å². The number of aromatic nitrogens is 2. The number of likely N-dealkylation sites (tertiary alicyclic amines) is 1. The number of anilines is 3. The van der Waals surface area contributed by atoms with Gasteiger partial charge in [0, 0.05) is 35.1 Å². The summed E-state index contributed by atoms with van der Waals surface area (Å²) in [6.07, 6.45) is 5.18. The highest BCUT2D eigenvalue weighted by molar-refractivity contribution is 6.32. The van der Waals surface area contributed by atoms with Crippen molar-refractivity contribution in [3.05, 3.63) is 47.5 Å². The minimum absolute atomic E-state index is 0.0860. The Labute approximate surface area is 197 Å². The number of piperidine rings is 1. The third-order valence-corrected chi connectivity index (χ3v) is 5.95. The first-order chi connectivity index (χ1) is 15.4. The number of hydrogen-bond donors (Lipinski definition) is 3. The molecule has 2 heterocycles. The number of hydrogen-bond acceptors (Lipinski definition) is 7. The van der Waals surface area contributed by atoms with Gasteiger partial charge in [-0.25, -0.2) is 14.2 Å². The molecule has 1 aromatic carbocycles. The van der Waals surface area contributed by atoms with Crippen molar-refractivity contribution in [2.24, 2.45) is 0 Å². The van der Waals surface area contributed by atoms with Crippen LogP contribution in [0.4, 0.5) is 21.8 Å². The van der Waals surface area contributed by atoms with Crippen molar-refractivity contribution in [1.82, 2.24) is 14.9 Å². The smallest absolute Gasteiger partial charge is 0.329 e. The molecule has 0 spiro atoms. The first-order valence-electron chi connectivity index (χ1n) is 10.5. The van der Waals surface area contributed by atoms with E-state index in [1.807, 2.05) is 32.6 Å². The molecule has 0 unspecified atom stereocenters. The van der Waals surface area contributed by atoms with E-state index in [1.165, 1.54) is 7.11 Å². The molecule has 1 aliphatic rings. The van der Waals surface area contributed by atoms with E-state index < -0.39 is 11.8 Å². The monoisotopic (exact) mass is 477 g/mol. The van der Waals surface area contributed by atoms with Crippen molar-refractivity contribution in [2.75, 3.05) is 17.7 Å². The Kier molecular flexibility index (Phi) is 7.02. The zero-order valence-electron chi connectivity index (χ0n) is 19.3. The van der Waals surface area contributed by atoms with E-state index in [4.69, 9.17) is 21.4 Å². The molecule has 0 atom stereocenters. The maximum absolute atomic E-state index is 14.6. The molecule has 0 radical (unpaired) electrons. The molecule has 10 heteroatoms. The number of aliphatic carboxylic acids is 1. The van der Waals surface area contributed by atoms with Crippen LogP contribution < -0.4 is 15.4 Å². The zero-order chi connectivity index (χ0) is 24.4. The summed E-state index contributed by atoms with van der Waals surface area (Å²) in [6.45, 7) is 8.13. The van der Waals surface area contributed by atoms with Crippen molar-refractivity contribution in [3.8, 4) is 5.75 Å². The highest BCUT2D eigenvalue weighted by Gasteiger charge is 2.44. The van der Waals surface area contributed by atoms with Gasteiger partial charge in [0.1, 0.15) is 5.75 Å². The molecule has 3 rings (SSSR count). The fourth-order valence-corrected chi connectivity index (χ4v) is 4.79. The number of ether oxygens (including phenoxy) is 1. The van der Waals surface area contributed by atoms with Crippen LogP contribution in [0.5, 0.6) is 5.75 Å². The molecule has 33 heavy (non-hydrogen) atoms. The van der Waals surface area contributed by atoms with E-state index in [0.29, 0.717) is 29.3 Å². The molecule has 178 valence electrons. The number of halogens is 2. The lowest BCUT2D eigenvalue weighted by molar-refractivity contribution is -0.131. The van der Waals surface area contributed by atoms with Crippen LogP contribution in [0.3, 0.4) is 0 Å². The summed E-state index contributed by atoms with van der Waals surface area (Å²) in [5.74, 6) is -0.696. The molecule has 0 saturated carbocycles. The molecular formula is C23H29ClFN5O3. The maximum atomic E-state index is 14.6. The average molecular weight is 478 g/mol. The van der Waals surface area contributed by atoms with Gasteiger partial charge in [-0.2, -0.15) is 4.98 Å². The molecule has 0 bridgehead atoms. The Morgan fingerprint density at radius 1 is 1.30 bits per heavy atom. The maximum Gasteiger partial charge on any atom is 0.329 e. The molecular weight excluding hydrogens is 449 g/mol. The molecule has 3 N–H and O–H groups in total. The topological polar surface area (TPSA) is 99.6 Å². The van der Waals surface area contributed by atoms with Crippen molar-refractivity contribution in [1.29, 1.82) is 0 Å². The van der Waals surface area contributed by atoms with Crippen LogP contribution in [0, 0.1) is 5.82 Å². The fourth-order valence-electron chi connectivity index (χ4n) is 4.53. The number of nitrogens with zero attached hydrogens (tertiary/aromatic N) is 3. The van der Waals surface area contributed by atoms with Gasteiger partial charge in [-0.3, -0.25) is 0 Å². The van der Waals surface area contributed by atoms with E-state index in [0.717, 1.165) is 12.3 Å². The number of nitrogens with one attached hydrogen (secondary N) is 2. The molecule has 1 fully saturated rings. The largest absolute Gasteiger partial charge is 0.495 e. The minimum Gasteiger partial charge on any atom is -0.495 e. The van der Waals surface area contributed by atoms with Gasteiger partial charge in [-0.1, -0.05) is 11.6 Å². The van der Waals surface area contributed by atoms with Crippen LogP contribution in [-0.2, 0) is 4.79 Å². The second-order valence-corrected chi connectivity index (χ2v) is 9.67. The third-order valence-electron chi connectivity index (χ3n) is 5.66. The Hall–Kier alpha value is -3.07. The zero-order valence-corrected chi connectivity index (χ0v) is 20.1. The summed E-state index contributed by atoms with van der Waals surface area (Å²) in [5.41, 5.74) is -0.0925. The van der Waals surface area contributed by atoms with Gasteiger partial charge in [0.2, 0.25) is 5.95 Å². The number of methoxy groups -OCH3 is 1. The molecule has 0 aliphatic carbocycles. The van der Waals surface area contributed by atoms with Gasteiger partial charge in [-0.15, -0.1) is 0 Å². The molecule has 8 nitrogen and oxygen atoms in total. The Morgan fingerprint density at radius 3 is 2.55 bits per heavy atom. The van der Waals surface area contributed by atoms with Crippen LogP contribution >= 0.6 is 11.6 Å². The Balaban J connectivity index is 1.78. The van der Waals surface area contributed by atoms with Gasteiger partial charge in [0.15, 0.2) is 11.6 Å². The summed E-state index contributed by atoms with van der Waals surface area (Å²) in [5, 5.41) is 15.7. The van der Waals surface area contributed by atoms with Gasteiger partial charge < -0.3 is 25.4 Å². The van der Waals surface area contributed by atoms with Crippen LogP contribution in [0.25, 0.3) is 0 Å². The summed E-state index contributed by atoms with van der Waals surface area (Å²) >= 11 is 6.17. The first kappa shape index (κ1) is 24.6. The molecule has 1 aliphatic heterocycles. The quantitative estimate of drug-likeness (QED) is 0.476. The second-order valence-electron chi connectivity index (χ2n) is 9.26. The Bertz CT molecular complexity index is 1040. The van der Waals surface area contributed by atoms with Crippen LogP contribution in [-0.4, -0.2) is 50.2 Å². The predicted octanol–water partition coefficient (Wildman–Crippen LogP) is 5.05. The number of benzene rings is 1. The predicted molar refractivity (Wildman–Crippen MR) is 127 cm³/mol. The first-order valence-corrected chi connectivity index (χ1v) is 10.9. The van der Waals surface area contributed by atoms with Crippen LogP contribution in [0.2, 0.25) is 5.02 Å². The number of carbonyl (C=O) groups is 1. The summed E-state index contributed by atoms with van der Waals surface area (Å²) in [4.78, 5) is 21.4. The average Bonchev–Trinajstić information content (AvgIpc) is 2.68. The SMILES string of the molecule is COc1ccc(Nc2ncc(F)c(NC3CC(C)(C)N(/C=C/C(=O)O)C(C)(C)C3)n2)cc1Cl. The van der Waals surface area contributed by atoms with E-state index in [-0.39, 0.29) is 28.9 Å². The summed E-state index contributed by atoms with van der Waals surface area (Å²) < 4.78 is 19.7. The highest BCUT2D eigenvalue weighted by Crippen LogP contribution is 2.40. The van der Waals surface area contributed by atoms with E-state index in [2.05, 4.69) is 20.6 Å². The van der Waals surface area contributed by atoms with Crippen LogP contribution in [0.15, 0.2) is 36.7 Å². The summed E-state index contributed by atoms with van der Waals surface area (Å²) in [6, 6.07) is 5.06. The van der Waals surface area contributed by atoms with Gasteiger partial charge >= 0.3 is 5.97 Å². The van der Waals surface area contributed by atoms with Crippen LogP contribution in [0.1, 0.15) is 40.5 Å². The molecule has 1 aromatic heterocycles. The van der Waals surface area contributed by atoms with E-state index >= 15 is 0 Å². The Morgan fingerprint density at radius 2 is 1.97 bits per heavy atom. The van der Waals surface area contributed by atoms with Crippen molar-refractivity contribution >= 4 is 35.0 Å². The standard InChI is InChI=1S/C23H29ClFN5O3/c1-22(2)11-15(12-23(3,4)30(22)9-8-19(31)32)27-20-17(25)13-26-21(29-20)28-14-6-7-18(33-5)16(24)10-14/h6-10,13,15H,11-12H2,1-5H3,(H,31,32)(H2,26,27,28,29)/b9-8+. The highest BCUT2D eigenvalue weighted by atomic mass is 35.5. The van der Waals surface area contributed by atoms with Crippen molar-refractivity contribution in [3.63, 3.8) is 0 Å². The molecule has 2 aromatic rings. The lowest BCUT2D eigenvalue weighted by Gasteiger charge is -2.55. The minimum atomic E-state index is -0.997. The van der Waals surface area contributed by atoms with E-state index in [9.17, 15) is 9.18 Å². The third kappa shape index (κ3) is 5.84. The van der Waals surface area contributed by atoms with Gasteiger partial charge in [0.25, 0.3) is 0 Å². The fraction of sp³-hybridized carbons (Fsp3) is 0.435. The second kappa shape index (κ2) is 9.43. The van der Waals surface area contributed by atoms with Gasteiger partial charge in [0.05, 0.1) is 18.3 Å². The van der Waals surface area contributed by atoms with E-state index in [1.54, 1.807) is 24.4 Å². The number of carboxylic acid groups (broad SMARTS) is 1. The van der Waals surface area contributed by atoms with Crippen molar-refractivity contribution < 1.29 is 19.0 Å². The molecule has 1 saturated heterocycles. The normalized spacial score (nSPS) is 17.7. The number of carboxylic acids is 1. The summed E-state index contributed by atoms with van der Waals surface area (Å²) in [7, 11) is 1.53. The number of rotatable bonds is 7. The lowest BCUT2D eigenvalue weighted by atomic mass is 9.77. The lowest BCUT2D eigenvalue weighted by Crippen LogP contribution is -2.60. The molecule has 0 amide bonds. The van der Waals surface area contributed by atoms with Gasteiger partial charge in [-0.05, 0) is 58.7 Å².